The van der Waals surface area contributed by atoms with E-state index in [0.717, 1.165) is 0 Å². The largest absolute Gasteiger partial charge is 0.455 e. The Balaban J connectivity index is 1.42. The van der Waals surface area contributed by atoms with Gasteiger partial charge in [0.15, 0.2) is 0 Å². The monoisotopic (exact) mass is 652 g/mol. The predicted octanol–water partition coefficient (Wildman–Crippen LogP) is 13.7. The van der Waals surface area contributed by atoms with Crippen LogP contribution in [0.2, 0.25) is 0 Å². The highest BCUT2D eigenvalue weighted by Crippen LogP contribution is 2.46. The summed E-state index contributed by atoms with van der Waals surface area (Å²) in [5, 5.41) is -5.09. The highest BCUT2D eigenvalue weighted by molar-refractivity contribution is 6.22. The predicted molar refractivity (Wildman–Crippen MR) is 208 cm³/mol. The Morgan fingerprint density at radius 1 is 0.327 bits per heavy atom. The molecule has 1 aromatic heterocycles. The quantitative estimate of drug-likeness (QED) is 0.172. The van der Waals surface area contributed by atoms with Gasteiger partial charge in [-0.1, -0.05) is 163 Å². The molecule has 1 nitrogen and oxygen atoms in total. The highest BCUT2D eigenvalue weighted by atomic mass is 16.3. The smallest absolute Gasteiger partial charge is 0.143 e. The van der Waals surface area contributed by atoms with Gasteiger partial charge in [-0.05, 0) is 89.6 Å². The molecule has 0 N–H and O–H groups in total. The summed E-state index contributed by atoms with van der Waals surface area (Å²) in [4.78, 5) is 0. The van der Waals surface area contributed by atoms with E-state index >= 15 is 0 Å². The summed E-state index contributed by atoms with van der Waals surface area (Å²) >= 11 is 0. The van der Waals surface area contributed by atoms with Crippen LogP contribution in [0.1, 0.15) is 41.1 Å². The minimum Gasteiger partial charge on any atom is -0.455 e. The molecular weight excluding hydrogens is 593 g/mol. The molecule has 0 bridgehead atoms. The standard InChI is InChI=1S/C48H30O/c1-2-12-32(13-3-1)36-15-6-7-17-38(36)47-41-20-10-8-18-39(41)46(40-19-9-11-21-42(40)47)34-24-22-31(23-25-34)35-27-29-45-44(30-35)43-28-26-33-14-4-5-16-37(33)48(43)49-45/h1-30H/i1D,2D,3D,4D,5D,6D,7D,8D,9D,10D,11D,12D,13D,14D,15D,16D,17D,18D,19D,20D,21D,22D,23D,24D,25D,26D,27D,28D,29D,30D. The van der Waals surface area contributed by atoms with Crippen LogP contribution in [0.3, 0.4) is 0 Å². The molecule has 0 aliphatic heterocycles. The fourth-order valence-electron chi connectivity index (χ4n) is 5.79. The molecule has 10 aromatic rings. The first-order valence-electron chi connectivity index (χ1n) is 29.4. The maximum atomic E-state index is 9.64. The molecule has 0 radical (unpaired) electrons. The molecule has 0 atom stereocenters. The first-order chi connectivity index (χ1) is 36.8. The van der Waals surface area contributed by atoms with Crippen molar-refractivity contribution >= 4 is 54.3 Å². The number of fused-ring (bicyclic) bond motifs is 7. The van der Waals surface area contributed by atoms with Crippen LogP contribution in [0.15, 0.2) is 186 Å². The van der Waals surface area contributed by atoms with Crippen molar-refractivity contribution in [2.45, 2.75) is 0 Å². The molecule has 0 aliphatic rings. The molecule has 0 saturated heterocycles. The van der Waals surface area contributed by atoms with E-state index in [1.54, 1.807) is 0 Å². The van der Waals surface area contributed by atoms with Crippen molar-refractivity contribution in [3.8, 4) is 44.5 Å². The van der Waals surface area contributed by atoms with E-state index in [4.69, 9.17) is 30.5 Å². The molecule has 0 fully saturated rings. The summed E-state index contributed by atoms with van der Waals surface area (Å²) in [5.41, 5.74) is -7.89. The van der Waals surface area contributed by atoms with Gasteiger partial charge in [0, 0.05) is 16.2 Å². The van der Waals surface area contributed by atoms with Crippen LogP contribution in [-0.2, 0) is 0 Å². The third-order valence-corrected chi connectivity index (χ3v) is 7.87. The van der Waals surface area contributed by atoms with E-state index in [0.29, 0.717) is 0 Å². The van der Waals surface area contributed by atoms with Crippen LogP contribution < -0.4 is 0 Å². The van der Waals surface area contributed by atoms with Crippen LogP contribution in [0.5, 0.6) is 0 Å². The lowest BCUT2D eigenvalue weighted by atomic mass is 9.83. The van der Waals surface area contributed by atoms with Crippen molar-refractivity contribution in [3.05, 3.63) is 181 Å². The number of benzene rings is 9. The molecule has 0 spiro atoms. The van der Waals surface area contributed by atoms with E-state index in [9.17, 15) is 15.1 Å². The molecule has 0 aliphatic carbocycles. The van der Waals surface area contributed by atoms with Crippen molar-refractivity contribution in [2.75, 3.05) is 0 Å². The number of furan rings is 1. The van der Waals surface area contributed by atoms with Crippen LogP contribution in [0.4, 0.5) is 0 Å². The second-order valence-corrected chi connectivity index (χ2v) is 10.5. The normalized spacial score (nSPS) is 20.2. The minimum absolute atomic E-state index is 0.405. The number of rotatable bonds is 4. The second kappa shape index (κ2) is 11.1. The summed E-state index contributed by atoms with van der Waals surface area (Å²) in [7, 11) is 0. The Morgan fingerprint density at radius 3 is 1.59 bits per heavy atom. The average molecular weight is 653 g/mol. The fraction of sp³-hybridized carbons (Fsp3) is 0. The molecule has 228 valence electrons. The third-order valence-electron chi connectivity index (χ3n) is 7.87. The van der Waals surface area contributed by atoms with Gasteiger partial charge in [0.05, 0.1) is 41.1 Å². The first-order valence-corrected chi connectivity index (χ1v) is 14.4. The zero-order valence-corrected chi connectivity index (χ0v) is 24.4. The van der Waals surface area contributed by atoms with Gasteiger partial charge in [-0.2, -0.15) is 0 Å². The maximum absolute atomic E-state index is 9.64. The second-order valence-electron chi connectivity index (χ2n) is 10.5. The average Bonchev–Trinajstić information content (AvgIpc) is 4.04. The molecule has 0 unspecified atom stereocenters. The fourth-order valence-corrected chi connectivity index (χ4v) is 5.79. The molecule has 10 rings (SSSR count). The summed E-state index contributed by atoms with van der Waals surface area (Å²) in [5.74, 6) is 0. The lowest BCUT2D eigenvalue weighted by Gasteiger charge is -2.19. The molecule has 49 heavy (non-hydrogen) atoms. The lowest BCUT2D eigenvalue weighted by molar-refractivity contribution is 0.672. The van der Waals surface area contributed by atoms with Crippen LogP contribution in [0, 0.1) is 0 Å². The van der Waals surface area contributed by atoms with Crippen molar-refractivity contribution in [2.24, 2.45) is 0 Å². The highest BCUT2D eigenvalue weighted by Gasteiger charge is 2.19. The maximum Gasteiger partial charge on any atom is 0.143 e. The third kappa shape index (κ3) is 4.40. The van der Waals surface area contributed by atoms with Crippen molar-refractivity contribution in [1.29, 1.82) is 0 Å². The van der Waals surface area contributed by atoms with Crippen LogP contribution in [0.25, 0.3) is 98.8 Å². The molecule has 1 heterocycles. The van der Waals surface area contributed by atoms with Crippen molar-refractivity contribution in [1.82, 2.24) is 0 Å². The minimum atomic E-state index is -1.15. The van der Waals surface area contributed by atoms with E-state index in [1.807, 2.05) is 0 Å². The summed E-state index contributed by atoms with van der Waals surface area (Å²) < 4.78 is 276. The van der Waals surface area contributed by atoms with Crippen molar-refractivity contribution in [3.63, 3.8) is 0 Å². The van der Waals surface area contributed by atoms with Gasteiger partial charge >= 0.3 is 0 Å². The molecule has 0 amide bonds. The van der Waals surface area contributed by atoms with Gasteiger partial charge in [0.25, 0.3) is 0 Å². The van der Waals surface area contributed by atoms with Gasteiger partial charge < -0.3 is 4.42 Å². The molecule has 0 saturated carbocycles. The van der Waals surface area contributed by atoms with Crippen LogP contribution >= 0.6 is 0 Å². The van der Waals surface area contributed by atoms with Gasteiger partial charge in [-0.25, -0.2) is 0 Å². The molecule has 1 heteroatoms. The Bertz CT molecular complexity index is 4460. The topological polar surface area (TPSA) is 13.1 Å². The first kappa shape index (κ1) is 11.1. The zero-order chi connectivity index (χ0) is 58.4. The molecule has 9 aromatic carbocycles. The lowest BCUT2D eigenvalue weighted by Crippen LogP contribution is -1.92. The summed E-state index contributed by atoms with van der Waals surface area (Å²) in [6.07, 6.45) is 0. The Morgan fingerprint density at radius 2 is 0.878 bits per heavy atom. The van der Waals surface area contributed by atoms with Crippen LogP contribution in [-0.4, -0.2) is 0 Å². The van der Waals surface area contributed by atoms with Gasteiger partial charge in [-0.3, -0.25) is 0 Å². The Labute approximate surface area is 326 Å². The summed E-state index contributed by atoms with van der Waals surface area (Å²) in [6, 6.07) is -29.2. The van der Waals surface area contributed by atoms with E-state index in [-0.39, 0.29) is 0 Å². The number of hydrogen-bond acceptors (Lipinski definition) is 1. The van der Waals surface area contributed by atoms with E-state index in [1.165, 1.54) is 0 Å². The van der Waals surface area contributed by atoms with E-state index in [2.05, 4.69) is 0 Å². The summed E-state index contributed by atoms with van der Waals surface area (Å²) in [6.45, 7) is 0. The van der Waals surface area contributed by atoms with E-state index < -0.39 is 280 Å². The Hall–Kier alpha value is -6.44. The van der Waals surface area contributed by atoms with Crippen molar-refractivity contribution < 1.29 is 45.5 Å². The van der Waals surface area contributed by atoms with Gasteiger partial charge in [0.1, 0.15) is 11.2 Å². The number of hydrogen-bond donors (Lipinski definition) is 0. The van der Waals surface area contributed by atoms with Gasteiger partial charge in [-0.15, -0.1) is 0 Å². The zero-order valence-electron chi connectivity index (χ0n) is 54.4. The Kier molecular flexibility index (Phi) is 2.50. The molecular formula is C48H30O. The van der Waals surface area contributed by atoms with Gasteiger partial charge in [0.2, 0.25) is 0 Å². The SMILES string of the molecule is [2H]c1c([2H])c([2H])c(-c2c([2H])c([2H])c([2H])c([2H])c2-c2c3c([2H])c([2H])c([2H])c([2H])c3c(-c3c([2H])c([2H])c(-c4c([2H])c([2H])c5oc6c7c([2H])c([2H])c([2H])c([2H])c7c([2H])c([2H])c6c5c4[2H])c([2H])c3[2H])c3c([2H])c([2H])c([2H])c([2H])c23)c([2H])c1[2H].